The van der Waals surface area contributed by atoms with Crippen LogP contribution in [0.2, 0.25) is 4.34 Å². The van der Waals surface area contributed by atoms with Gasteiger partial charge in [-0.1, -0.05) is 35.1 Å². The zero-order valence-corrected chi connectivity index (χ0v) is 30.3. The number of hydrogen-bond donors (Lipinski definition) is 1. The summed E-state index contributed by atoms with van der Waals surface area (Å²) in [5.74, 6) is -1.04. The van der Waals surface area contributed by atoms with Crippen molar-refractivity contribution >= 4 is 72.4 Å². The number of hydrogen-bond acceptors (Lipinski definition) is 10. The molecule has 3 aromatic carbocycles. The van der Waals surface area contributed by atoms with E-state index in [2.05, 4.69) is 15.4 Å². The predicted octanol–water partition coefficient (Wildman–Crippen LogP) is 7.12. The molecule has 5 aromatic rings. The number of fused-ring (bicyclic) bond motifs is 1. The summed E-state index contributed by atoms with van der Waals surface area (Å²) in [6, 6.07) is 13.1. The van der Waals surface area contributed by atoms with Crippen LogP contribution >= 0.6 is 22.9 Å². The van der Waals surface area contributed by atoms with Crippen molar-refractivity contribution in [3.05, 3.63) is 88.3 Å². The summed E-state index contributed by atoms with van der Waals surface area (Å²) in [5.41, 5.74) is 0.0890. The fourth-order valence-corrected chi connectivity index (χ4v) is 7.65. The molecule has 0 atom stereocenters. The second-order valence-corrected chi connectivity index (χ2v) is 15.2. The highest BCUT2D eigenvalue weighted by molar-refractivity contribution is 7.92. The first-order valence-electron chi connectivity index (χ1n) is 15.1. The molecular weight excluding hydrogens is 711 g/mol. The Balaban J connectivity index is 1.54. The first-order valence-corrected chi connectivity index (χ1v) is 17.9. The molecule has 0 unspecified atom stereocenters. The minimum atomic E-state index is -4.27. The van der Waals surface area contributed by atoms with Gasteiger partial charge >= 0.3 is 6.09 Å². The standard InChI is InChI=1S/C33H34ClFN6O7S2/c1-7-39(32(43)48-33(2,3)4)27-15-21(35)12-14-23(27)30(42)38-25-9-8-10-26-24(25)17-37-40(26)41(31-36-18-29(34)49-31)50(44,45)19-20-11-13-22(46-5)16-28(20)47-6/h8-18H,7,19H2,1-6H3,(H,38,42). The Morgan fingerprint density at radius 3 is 2.46 bits per heavy atom. The molecule has 1 N–H and O–H groups in total. The van der Waals surface area contributed by atoms with Gasteiger partial charge in [-0.3, -0.25) is 9.69 Å². The number of anilines is 3. The number of carbonyl (C=O) groups excluding carboxylic acids is 2. The number of thiazole rings is 1. The summed E-state index contributed by atoms with van der Waals surface area (Å²) >= 11 is 7.12. The number of nitrogens with zero attached hydrogens (tertiary/aromatic N) is 5. The van der Waals surface area contributed by atoms with Crippen LogP contribution in [0.4, 0.5) is 25.7 Å². The van der Waals surface area contributed by atoms with Gasteiger partial charge < -0.3 is 19.5 Å². The number of halogens is 2. The lowest BCUT2D eigenvalue weighted by Crippen LogP contribution is -2.38. The minimum absolute atomic E-state index is 0.00132. The Kier molecular flexibility index (Phi) is 10.5. The molecule has 50 heavy (non-hydrogen) atoms. The third-order valence-electron chi connectivity index (χ3n) is 7.16. The minimum Gasteiger partial charge on any atom is -0.497 e. The van der Waals surface area contributed by atoms with Gasteiger partial charge in [0.15, 0.2) is 0 Å². The van der Waals surface area contributed by atoms with Crippen LogP contribution in [-0.2, 0) is 20.5 Å². The van der Waals surface area contributed by atoms with E-state index in [1.165, 1.54) is 37.6 Å². The smallest absolute Gasteiger partial charge is 0.414 e. The number of aromatic nitrogens is 3. The highest BCUT2D eigenvalue weighted by Gasteiger charge is 2.32. The molecule has 0 saturated carbocycles. The van der Waals surface area contributed by atoms with Gasteiger partial charge in [0.2, 0.25) is 5.13 Å². The van der Waals surface area contributed by atoms with Crippen molar-refractivity contribution in [1.29, 1.82) is 0 Å². The Labute approximate surface area is 297 Å². The fourth-order valence-electron chi connectivity index (χ4n) is 5.00. The molecule has 0 saturated heterocycles. The molecule has 0 aliphatic heterocycles. The maximum Gasteiger partial charge on any atom is 0.414 e. The van der Waals surface area contributed by atoms with Crippen LogP contribution < -0.4 is 24.1 Å². The van der Waals surface area contributed by atoms with E-state index in [9.17, 15) is 22.4 Å². The number of rotatable bonds is 11. The highest BCUT2D eigenvalue weighted by atomic mass is 35.5. The summed E-state index contributed by atoms with van der Waals surface area (Å²) in [6.07, 6.45) is 1.97. The zero-order chi connectivity index (χ0) is 36.4. The third kappa shape index (κ3) is 7.77. The average molecular weight is 745 g/mol. The van der Waals surface area contributed by atoms with Gasteiger partial charge in [-0.2, -0.15) is 9.89 Å². The van der Waals surface area contributed by atoms with E-state index in [4.69, 9.17) is 25.8 Å². The van der Waals surface area contributed by atoms with Crippen molar-refractivity contribution in [1.82, 2.24) is 14.9 Å². The molecule has 0 spiro atoms. The molecule has 2 heterocycles. The third-order valence-corrected chi connectivity index (χ3v) is 9.90. The van der Waals surface area contributed by atoms with Crippen LogP contribution in [0, 0.1) is 5.82 Å². The number of methoxy groups -OCH3 is 2. The zero-order valence-electron chi connectivity index (χ0n) is 27.9. The molecule has 0 fully saturated rings. The predicted molar refractivity (Wildman–Crippen MR) is 191 cm³/mol. The van der Waals surface area contributed by atoms with Crippen LogP contribution in [0.25, 0.3) is 10.9 Å². The number of nitrogens with one attached hydrogen (secondary N) is 1. The monoisotopic (exact) mass is 744 g/mol. The molecule has 0 radical (unpaired) electrons. The Morgan fingerprint density at radius 2 is 1.82 bits per heavy atom. The van der Waals surface area contributed by atoms with Gasteiger partial charge in [0.05, 0.1) is 54.8 Å². The van der Waals surface area contributed by atoms with Crippen LogP contribution in [0.3, 0.4) is 0 Å². The lowest BCUT2D eigenvalue weighted by atomic mass is 10.1. The van der Waals surface area contributed by atoms with Crippen molar-refractivity contribution in [2.24, 2.45) is 0 Å². The summed E-state index contributed by atoms with van der Waals surface area (Å²) in [4.78, 5) is 33.3. The molecule has 264 valence electrons. The summed E-state index contributed by atoms with van der Waals surface area (Å²) in [5, 5.41) is 7.58. The van der Waals surface area contributed by atoms with Crippen molar-refractivity contribution in [2.75, 3.05) is 35.4 Å². The van der Waals surface area contributed by atoms with E-state index < -0.39 is 39.2 Å². The summed E-state index contributed by atoms with van der Waals surface area (Å²) in [7, 11) is -1.36. The Bertz CT molecular complexity index is 2170. The van der Waals surface area contributed by atoms with Crippen LogP contribution in [0.1, 0.15) is 43.6 Å². The van der Waals surface area contributed by atoms with E-state index in [-0.39, 0.29) is 33.0 Å². The second kappa shape index (κ2) is 14.5. The quantitative estimate of drug-likeness (QED) is 0.150. The van der Waals surface area contributed by atoms with Gasteiger partial charge in [0.1, 0.15) is 27.3 Å². The molecule has 0 aliphatic rings. The number of carbonyl (C=O) groups is 2. The van der Waals surface area contributed by atoms with Crippen molar-refractivity contribution < 1.29 is 36.6 Å². The molecule has 2 aromatic heterocycles. The average Bonchev–Trinajstić information content (AvgIpc) is 3.67. The number of ether oxygens (including phenoxy) is 3. The SMILES string of the molecule is CCN(C(=O)OC(C)(C)C)c1cc(F)ccc1C(=O)Nc1cccc2c1cnn2N(c1ncc(Cl)s1)S(=O)(=O)Cc1ccc(OC)cc1OC. The maximum absolute atomic E-state index is 14.5. The largest absolute Gasteiger partial charge is 0.497 e. The van der Waals surface area contributed by atoms with Crippen LogP contribution in [0.5, 0.6) is 11.5 Å². The molecule has 5 rings (SSSR count). The first-order chi connectivity index (χ1) is 23.6. The van der Waals surface area contributed by atoms with Gasteiger partial charge in [0, 0.05) is 23.6 Å². The fraction of sp³-hybridized carbons (Fsp3) is 0.273. The molecule has 13 nitrogen and oxygen atoms in total. The van der Waals surface area contributed by atoms with E-state index in [1.807, 2.05) is 0 Å². The van der Waals surface area contributed by atoms with E-state index in [1.54, 1.807) is 64.1 Å². The maximum atomic E-state index is 14.5. The topological polar surface area (TPSA) is 145 Å². The Hall–Kier alpha value is -4.93. The van der Waals surface area contributed by atoms with E-state index in [0.29, 0.717) is 28.0 Å². The van der Waals surface area contributed by atoms with E-state index in [0.717, 1.165) is 32.7 Å². The molecule has 2 amide bonds. The number of amides is 2. The lowest BCUT2D eigenvalue weighted by Gasteiger charge is -2.27. The Morgan fingerprint density at radius 1 is 1.06 bits per heavy atom. The van der Waals surface area contributed by atoms with Crippen LogP contribution in [0.15, 0.2) is 67.0 Å². The normalized spacial score (nSPS) is 11.7. The first kappa shape index (κ1) is 36.4. The van der Waals surface area contributed by atoms with Crippen molar-refractivity contribution in [2.45, 2.75) is 39.0 Å². The molecule has 0 aliphatic carbocycles. The van der Waals surface area contributed by atoms with E-state index >= 15 is 0 Å². The summed E-state index contributed by atoms with van der Waals surface area (Å²) in [6.45, 7) is 6.86. The van der Waals surface area contributed by atoms with Crippen molar-refractivity contribution in [3.63, 3.8) is 0 Å². The molecular formula is C33H34ClFN6O7S2. The molecule has 0 bridgehead atoms. The molecule has 17 heteroatoms. The highest BCUT2D eigenvalue weighted by Crippen LogP contribution is 2.35. The number of benzene rings is 3. The summed E-state index contributed by atoms with van der Waals surface area (Å²) < 4.78 is 60.2. The van der Waals surface area contributed by atoms with Gasteiger partial charge in [-0.15, -0.1) is 4.41 Å². The van der Waals surface area contributed by atoms with Gasteiger partial charge in [-0.05, 0) is 64.1 Å². The van der Waals surface area contributed by atoms with Crippen molar-refractivity contribution in [3.8, 4) is 11.5 Å². The number of sulfonamides is 1. The van der Waals surface area contributed by atoms with Gasteiger partial charge in [-0.25, -0.2) is 22.6 Å². The van der Waals surface area contributed by atoms with Crippen LogP contribution in [-0.4, -0.2) is 61.7 Å². The van der Waals surface area contributed by atoms with Gasteiger partial charge in [0.25, 0.3) is 15.9 Å². The lowest BCUT2D eigenvalue weighted by molar-refractivity contribution is 0.0582. The second-order valence-electron chi connectivity index (χ2n) is 11.7.